The minimum absolute atomic E-state index is 0.107. The second kappa shape index (κ2) is 73.9. The first-order valence-electron chi connectivity index (χ1n) is 42.1. The van der Waals surface area contributed by atoms with Gasteiger partial charge in [-0.1, -0.05) is 381 Å². The predicted molar refractivity (Wildman–Crippen MR) is 409 cm³/mol. The molecule has 594 valence electrons. The molecule has 0 saturated carbocycles. The zero-order valence-electron chi connectivity index (χ0n) is 65.3. The van der Waals surface area contributed by atoms with Crippen LogP contribution in [0.25, 0.3) is 0 Å². The number of hydrogen-bond acceptors (Lipinski definition) is 15. The van der Waals surface area contributed by atoms with Gasteiger partial charge in [-0.3, -0.25) is 37.3 Å². The molecule has 3 N–H and O–H groups in total. The van der Waals surface area contributed by atoms with Gasteiger partial charge in [0.2, 0.25) is 0 Å². The summed E-state index contributed by atoms with van der Waals surface area (Å²) >= 11 is 0. The first-order valence-corrected chi connectivity index (χ1v) is 45.1. The van der Waals surface area contributed by atoms with Gasteiger partial charge < -0.3 is 33.8 Å². The van der Waals surface area contributed by atoms with E-state index in [-0.39, 0.29) is 25.7 Å². The van der Waals surface area contributed by atoms with Gasteiger partial charge in [-0.25, -0.2) is 9.13 Å². The summed E-state index contributed by atoms with van der Waals surface area (Å²) in [5.41, 5.74) is 0. The lowest BCUT2D eigenvalue weighted by molar-refractivity contribution is -0.161. The molecular weight excluding hydrogens is 1310 g/mol. The second-order valence-electron chi connectivity index (χ2n) is 29.6. The van der Waals surface area contributed by atoms with Crippen molar-refractivity contribution in [2.45, 2.75) is 451 Å². The van der Waals surface area contributed by atoms with E-state index >= 15 is 0 Å². The number of aliphatic hydroxyl groups excluding tert-OH is 1. The zero-order chi connectivity index (χ0) is 73.4. The number of ether oxygens (including phenoxy) is 4. The average Bonchev–Trinajstić information content (AvgIpc) is 0.932. The maximum absolute atomic E-state index is 13.1. The van der Waals surface area contributed by atoms with Crippen LogP contribution < -0.4 is 0 Å². The summed E-state index contributed by atoms with van der Waals surface area (Å²) in [6.45, 7) is 7.34. The summed E-state index contributed by atoms with van der Waals surface area (Å²) in [5, 5.41) is 10.6. The Morgan fingerprint density at radius 1 is 0.270 bits per heavy atom. The van der Waals surface area contributed by atoms with Crippen LogP contribution in [0.5, 0.6) is 0 Å². The van der Waals surface area contributed by atoms with Crippen LogP contribution in [0.1, 0.15) is 433 Å². The van der Waals surface area contributed by atoms with Gasteiger partial charge in [-0.05, 0) is 31.6 Å². The summed E-state index contributed by atoms with van der Waals surface area (Å²) in [6.07, 6.45) is 65.1. The van der Waals surface area contributed by atoms with Crippen LogP contribution >= 0.6 is 15.6 Å². The van der Waals surface area contributed by atoms with E-state index in [0.29, 0.717) is 25.7 Å². The molecule has 5 atom stereocenters. The van der Waals surface area contributed by atoms with Crippen LogP contribution in [0, 0.1) is 5.92 Å². The lowest BCUT2D eigenvalue weighted by Crippen LogP contribution is -2.30. The maximum Gasteiger partial charge on any atom is 0.472 e. The van der Waals surface area contributed by atoms with E-state index in [1.807, 2.05) is 0 Å². The van der Waals surface area contributed by atoms with Crippen LogP contribution in [0.15, 0.2) is 0 Å². The SMILES string of the molecule is CCCCCCCCCCCCCCCCCCCCCC(=O)O[C@H](COC(=O)CCCCCCCCCCCCCCCCC)COP(=O)(O)OC[C@@H](O)COP(=O)(O)OC[C@@H](COC(=O)CCCCCCCCCCCCCC)OC(=O)CCCCCCCCCCCCCC(C)C. The number of unbranched alkanes of at least 4 members (excludes halogenated alkanes) is 53. The molecular formula is C81H158O17P2. The molecule has 0 aromatic carbocycles. The molecule has 0 bridgehead atoms. The number of rotatable bonds is 81. The molecule has 0 aromatic heterocycles. The average molecular weight is 1470 g/mol. The minimum Gasteiger partial charge on any atom is -0.462 e. The third-order valence-corrected chi connectivity index (χ3v) is 20.9. The van der Waals surface area contributed by atoms with Crippen LogP contribution in [0.4, 0.5) is 0 Å². The number of esters is 4. The molecule has 100 heavy (non-hydrogen) atoms. The number of aliphatic hydroxyl groups is 1. The van der Waals surface area contributed by atoms with Gasteiger partial charge in [0.1, 0.15) is 19.3 Å². The highest BCUT2D eigenvalue weighted by Crippen LogP contribution is 2.45. The van der Waals surface area contributed by atoms with E-state index in [4.69, 9.17) is 37.0 Å². The Morgan fingerprint density at radius 2 is 0.460 bits per heavy atom. The summed E-state index contributed by atoms with van der Waals surface area (Å²) in [5.74, 6) is -1.34. The predicted octanol–water partition coefficient (Wildman–Crippen LogP) is 24.4. The van der Waals surface area contributed by atoms with Crippen molar-refractivity contribution >= 4 is 39.5 Å². The minimum atomic E-state index is -4.96. The number of carbonyl (C=O) groups excluding carboxylic acids is 4. The molecule has 0 heterocycles. The van der Waals surface area contributed by atoms with Crippen LogP contribution in [0.2, 0.25) is 0 Å². The molecule has 0 aliphatic rings. The van der Waals surface area contributed by atoms with Gasteiger partial charge in [-0.2, -0.15) is 0 Å². The van der Waals surface area contributed by atoms with Crippen molar-refractivity contribution in [1.29, 1.82) is 0 Å². The third-order valence-electron chi connectivity index (χ3n) is 19.0. The fourth-order valence-corrected chi connectivity index (χ4v) is 14.2. The maximum atomic E-state index is 13.1. The molecule has 0 amide bonds. The van der Waals surface area contributed by atoms with Crippen molar-refractivity contribution in [2.24, 2.45) is 5.92 Å². The Bertz CT molecular complexity index is 1910. The first kappa shape index (κ1) is 98.1. The Kier molecular flexibility index (Phi) is 72.5. The van der Waals surface area contributed by atoms with E-state index in [2.05, 4.69) is 34.6 Å². The third kappa shape index (κ3) is 74.3. The van der Waals surface area contributed by atoms with Gasteiger partial charge in [0.05, 0.1) is 26.4 Å². The first-order chi connectivity index (χ1) is 48.5. The van der Waals surface area contributed by atoms with Crippen molar-refractivity contribution in [1.82, 2.24) is 0 Å². The Balaban J connectivity index is 5.25. The number of carbonyl (C=O) groups is 4. The lowest BCUT2D eigenvalue weighted by Gasteiger charge is -2.21. The van der Waals surface area contributed by atoms with Crippen LogP contribution in [-0.2, 0) is 65.4 Å². The smallest absolute Gasteiger partial charge is 0.462 e. The standard InChI is InChI=1S/C81H158O17P2/c1-6-9-12-15-18-21-24-27-29-30-31-32-34-36-41-46-51-56-61-66-80(85)97-76(71-92-79(84)65-60-55-50-45-40-35-33-28-25-22-19-16-13-10-7-2)72-95-99(87,88)93-68-75(82)69-94-100(89,90)96-73-77(70-91-78(83)64-59-54-49-44-39-26-23-20-17-14-11-8-3)98-81(86)67-62-57-52-47-42-37-38-43-48-53-58-63-74(4)5/h74-77,82H,6-73H2,1-5H3,(H,87,88)(H,89,90)/t75-,76-,77-/m1/s1. The zero-order valence-corrected chi connectivity index (χ0v) is 67.1. The summed E-state index contributed by atoms with van der Waals surface area (Å²) < 4.78 is 68.8. The van der Waals surface area contributed by atoms with Crippen molar-refractivity contribution in [3.05, 3.63) is 0 Å². The molecule has 0 saturated heterocycles. The molecule has 2 unspecified atom stereocenters. The number of phosphoric acid groups is 2. The Morgan fingerprint density at radius 3 is 0.680 bits per heavy atom. The number of hydrogen-bond donors (Lipinski definition) is 3. The van der Waals surface area contributed by atoms with E-state index in [9.17, 15) is 43.2 Å². The molecule has 0 rings (SSSR count). The molecule has 0 aliphatic heterocycles. The van der Waals surface area contributed by atoms with E-state index in [1.165, 1.54) is 257 Å². The fraction of sp³-hybridized carbons (Fsp3) is 0.951. The van der Waals surface area contributed by atoms with Gasteiger partial charge in [0.25, 0.3) is 0 Å². The summed E-state index contributed by atoms with van der Waals surface area (Å²) in [6, 6.07) is 0. The second-order valence-corrected chi connectivity index (χ2v) is 32.5. The Labute approximate surface area is 613 Å². The van der Waals surface area contributed by atoms with Gasteiger partial charge >= 0.3 is 39.5 Å². The summed E-state index contributed by atoms with van der Waals surface area (Å²) in [7, 11) is -9.92. The molecule has 0 spiro atoms. The molecule has 0 fully saturated rings. The topological polar surface area (TPSA) is 237 Å². The lowest BCUT2D eigenvalue weighted by atomic mass is 10.0. The quantitative estimate of drug-likeness (QED) is 0.0222. The molecule has 0 aromatic rings. The Hall–Kier alpha value is -1.94. The largest absolute Gasteiger partial charge is 0.472 e. The molecule has 0 aliphatic carbocycles. The molecule has 0 radical (unpaired) electrons. The monoisotopic (exact) mass is 1470 g/mol. The number of phosphoric ester groups is 2. The van der Waals surface area contributed by atoms with Crippen molar-refractivity contribution in [3.8, 4) is 0 Å². The highest BCUT2D eigenvalue weighted by atomic mass is 31.2. The van der Waals surface area contributed by atoms with Crippen molar-refractivity contribution in [2.75, 3.05) is 39.6 Å². The van der Waals surface area contributed by atoms with Crippen LogP contribution in [-0.4, -0.2) is 96.7 Å². The van der Waals surface area contributed by atoms with Gasteiger partial charge in [0, 0.05) is 25.7 Å². The van der Waals surface area contributed by atoms with Crippen molar-refractivity contribution < 1.29 is 80.2 Å². The molecule has 19 heteroatoms. The van der Waals surface area contributed by atoms with Gasteiger partial charge in [-0.15, -0.1) is 0 Å². The highest BCUT2D eigenvalue weighted by Gasteiger charge is 2.30. The summed E-state index contributed by atoms with van der Waals surface area (Å²) in [4.78, 5) is 73.1. The van der Waals surface area contributed by atoms with E-state index < -0.39 is 97.5 Å². The highest BCUT2D eigenvalue weighted by molar-refractivity contribution is 7.47. The fourth-order valence-electron chi connectivity index (χ4n) is 12.6. The normalized spacial score (nSPS) is 13.8. The van der Waals surface area contributed by atoms with Gasteiger partial charge in [0.15, 0.2) is 12.2 Å². The van der Waals surface area contributed by atoms with E-state index in [0.717, 1.165) is 95.8 Å². The van der Waals surface area contributed by atoms with E-state index in [1.54, 1.807) is 0 Å². The molecule has 17 nitrogen and oxygen atoms in total. The van der Waals surface area contributed by atoms with Crippen molar-refractivity contribution in [3.63, 3.8) is 0 Å². The van der Waals surface area contributed by atoms with Crippen LogP contribution in [0.3, 0.4) is 0 Å².